The molecule has 1 aliphatic heterocycles. The monoisotopic (exact) mass is 230 g/mol. The second-order valence-electron chi connectivity index (χ2n) is 5.49. The van der Waals surface area contributed by atoms with Crippen LogP contribution in [-0.2, 0) is 4.74 Å². The molecule has 1 saturated heterocycles. The molecule has 1 aliphatic rings. The van der Waals surface area contributed by atoms with E-state index in [0.29, 0.717) is 25.9 Å². The van der Waals surface area contributed by atoms with Gasteiger partial charge in [0.15, 0.2) is 0 Å². The van der Waals surface area contributed by atoms with Gasteiger partial charge in [0.25, 0.3) is 0 Å². The zero-order chi connectivity index (χ0) is 12.4. The molecule has 0 aromatic rings. The van der Waals surface area contributed by atoms with Gasteiger partial charge in [-0.2, -0.15) is 0 Å². The van der Waals surface area contributed by atoms with E-state index in [1.54, 1.807) is 4.90 Å². The number of nitrogens with zero attached hydrogens (tertiary/aromatic N) is 1. The maximum atomic E-state index is 11.7. The molecule has 1 heterocycles. The number of hydrogen-bond donors (Lipinski definition) is 2. The number of amides is 1. The van der Waals surface area contributed by atoms with E-state index in [1.807, 2.05) is 20.8 Å². The molecule has 5 nitrogen and oxygen atoms in total. The SMILES string of the molecule is CC(C)(C)OC(=O)N1CCC(N)(CCO)C1. The minimum absolute atomic E-state index is 0.0542. The molecule has 1 unspecified atom stereocenters. The van der Waals surface area contributed by atoms with E-state index in [1.165, 1.54) is 0 Å². The van der Waals surface area contributed by atoms with Crippen LogP contribution in [0.3, 0.4) is 0 Å². The van der Waals surface area contributed by atoms with Crippen LogP contribution in [0.5, 0.6) is 0 Å². The predicted octanol–water partition coefficient (Wildman–Crippen LogP) is 0.707. The molecule has 0 radical (unpaired) electrons. The number of nitrogens with two attached hydrogens (primary N) is 1. The fraction of sp³-hybridized carbons (Fsp3) is 0.909. The first-order valence-corrected chi connectivity index (χ1v) is 5.63. The summed E-state index contributed by atoms with van der Waals surface area (Å²) >= 11 is 0. The number of carbonyl (C=O) groups excluding carboxylic acids is 1. The van der Waals surface area contributed by atoms with Gasteiger partial charge < -0.3 is 20.5 Å². The van der Waals surface area contributed by atoms with Gasteiger partial charge in [0.1, 0.15) is 5.60 Å². The van der Waals surface area contributed by atoms with Crippen molar-refractivity contribution >= 4 is 6.09 Å². The molecule has 5 heteroatoms. The summed E-state index contributed by atoms with van der Waals surface area (Å²) in [5.74, 6) is 0. The van der Waals surface area contributed by atoms with Crippen molar-refractivity contribution in [3.63, 3.8) is 0 Å². The molecule has 0 spiro atoms. The maximum absolute atomic E-state index is 11.7. The third kappa shape index (κ3) is 3.64. The average Bonchev–Trinajstić information content (AvgIpc) is 2.45. The van der Waals surface area contributed by atoms with Crippen LogP contribution in [0, 0.1) is 0 Å². The first-order valence-electron chi connectivity index (χ1n) is 5.63. The molecule has 1 amide bonds. The van der Waals surface area contributed by atoms with Gasteiger partial charge in [-0.15, -0.1) is 0 Å². The summed E-state index contributed by atoms with van der Waals surface area (Å²) in [4.78, 5) is 13.4. The smallest absolute Gasteiger partial charge is 0.410 e. The topological polar surface area (TPSA) is 75.8 Å². The van der Waals surface area contributed by atoms with E-state index < -0.39 is 11.1 Å². The highest BCUT2D eigenvalue weighted by Gasteiger charge is 2.37. The van der Waals surface area contributed by atoms with E-state index in [9.17, 15) is 4.79 Å². The van der Waals surface area contributed by atoms with Gasteiger partial charge in [0, 0.05) is 25.2 Å². The largest absolute Gasteiger partial charge is 0.444 e. The number of aliphatic hydroxyl groups excluding tert-OH is 1. The quantitative estimate of drug-likeness (QED) is 0.732. The van der Waals surface area contributed by atoms with Crippen molar-refractivity contribution in [2.45, 2.75) is 44.8 Å². The van der Waals surface area contributed by atoms with Crippen molar-refractivity contribution < 1.29 is 14.6 Å². The second kappa shape index (κ2) is 4.59. The molecule has 16 heavy (non-hydrogen) atoms. The zero-order valence-electron chi connectivity index (χ0n) is 10.3. The Hall–Kier alpha value is -0.810. The average molecular weight is 230 g/mol. The van der Waals surface area contributed by atoms with Crippen molar-refractivity contribution in [3.8, 4) is 0 Å². The zero-order valence-corrected chi connectivity index (χ0v) is 10.3. The van der Waals surface area contributed by atoms with Crippen LogP contribution < -0.4 is 5.73 Å². The second-order valence-corrected chi connectivity index (χ2v) is 5.49. The first kappa shape index (κ1) is 13.3. The normalized spacial score (nSPS) is 25.9. The Morgan fingerprint density at radius 1 is 1.56 bits per heavy atom. The van der Waals surface area contributed by atoms with Crippen LogP contribution in [0.15, 0.2) is 0 Å². The van der Waals surface area contributed by atoms with Crippen LogP contribution in [0.4, 0.5) is 4.79 Å². The summed E-state index contributed by atoms with van der Waals surface area (Å²) in [6, 6.07) is 0. The van der Waals surface area contributed by atoms with Crippen molar-refractivity contribution in [2.24, 2.45) is 5.73 Å². The summed E-state index contributed by atoms with van der Waals surface area (Å²) in [5.41, 5.74) is 5.12. The van der Waals surface area contributed by atoms with E-state index >= 15 is 0 Å². The van der Waals surface area contributed by atoms with E-state index in [-0.39, 0.29) is 12.7 Å². The number of carbonyl (C=O) groups is 1. The van der Waals surface area contributed by atoms with Crippen LogP contribution in [-0.4, -0.2) is 46.9 Å². The van der Waals surface area contributed by atoms with Gasteiger partial charge in [-0.05, 0) is 33.6 Å². The Labute approximate surface area is 96.6 Å². The Bertz CT molecular complexity index is 262. The predicted molar refractivity (Wildman–Crippen MR) is 61.0 cm³/mol. The molecule has 1 rings (SSSR count). The van der Waals surface area contributed by atoms with Gasteiger partial charge >= 0.3 is 6.09 Å². The molecule has 0 saturated carbocycles. The van der Waals surface area contributed by atoms with Crippen molar-refractivity contribution in [1.82, 2.24) is 4.90 Å². The first-order chi connectivity index (χ1) is 7.26. The van der Waals surface area contributed by atoms with Gasteiger partial charge in [0.2, 0.25) is 0 Å². The minimum Gasteiger partial charge on any atom is -0.444 e. The van der Waals surface area contributed by atoms with Crippen LogP contribution in [0.2, 0.25) is 0 Å². The van der Waals surface area contributed by atoms with E-state index in [2.05, 4.69) is 0 Å². The van der Waals surface area contributed by atoms with E-state index in [0.717, 1.165) is 0 Å². The Balaban J connectivity index is 2.50. The number of likely N-dealkylation sites (tertiary alicyclic amines) is 1. The molecule has 1 atom stereocenters. The third-order valence-electron chi connectivity index (χ3n) is 2.65. The van der Waals surface area contributed by atoms with Crippen molar-refractivity contribution in [3.05, 3.63) is 0 Å². The lowest BCUT2D eigenvalue weighted by atomic mass is 9.96. The number of aliphatic hydroxyl groups is 1. The molecule has 0 aliphatic carbocycles. The summed E-state index contributed by atoms with van der Waals surface area (Å²) < 4.78 is 5.26. The fourth-order valence-electron chi connectivity index (χ4n) is 1.80. The maximum Gasteiger partial charge on any atom is 0.410 e. The van der Waals surface area contributed by atoms with Gasteiger partial charge in [-0.1, -0.05) is 0 Å². The molecular weight excluding hydrogens is 208 g/mol. The molecule has 0 aromatic heterocycles. The standard InChI is InChI=1S/C11H22N2O3/c1-10(2,3)16-9(15)13-6-4-11(12,8-13)5-7-14/h14H,4-8,12H2,1-3H3. The van der Waals surface area contributed by atoms with Crippen LogP contribution in [0.25, 0.3) is 0 Å². The molecular formula is C11H22N2O3. The number of ether oxygens (including phenoxy) is 1. The summed E-state index contributed by atoms with van der Waals surface area (Å²) in [7, 11) is 0. The lowest BCUT2D eigenvalue weighted by Crippen LogP contribution is -2.45. The molecule has 1 fully saturated rings. The van der Waals surface area contributed by atoms with Gasteiger partial charge in [-0.25, -0.2) is 4.79 Å². The van der Waals surface area contributed by atoms with E-state index in [4.69, 9.17) is 15.6 Å². The van der Waals surface area contributed by atoms with Gasteiger partial charge in [-0.3, -0.25) is 0 Å². The van der Waals surface area contributed by atoms with Crippen LogP contribution >= 0.6 is 0 Å². The Morgan fingerprint density at radius 3 is 2.69 bits per heavy atom. The van der Waals surface area contributed by atoms with Gasteiger partial charge in [0.05, 0.1) is 0 Å². The van der Waals surface area contributed by atoms with Crippen molar-refractivity contribution in [2.75, 3.05) is 19.7 Å². The van der Waals surface area contributed by atoms with Crippen LogP contribution in [0.1, 0.15) is 33.6 Å². The Kier molecular flexibility index (Phi) is 3.80. The lowest BCUT2D eigenvalue weighted by molar-refractivity contribution is 0.0281. The highest BCUT2D eigenvalue weighted by molar-refractivity contribution is 5.68. The highest BCUT2D eigenvalue weighted by Crippen LogP contribution is 2.23. The minimum atomic E-state index is -0.478. The molecule has 0 aromatic carbocycles. The number of hydrogen-bond acceptors (Lipinski definition) is 4. The summed E-state index contributed by atoms with van der Waals surface area (Å²) in [6.07, 6.45) is 0.914. The highest BCUT2D eigenvalue weighted by atomic mass is 16.6. The molecule has 94 valence electrons. The summed E-state index contributed by atoms with van der Waals surface area (Å²) in [5, 5.41) is 8.89. The lowest BCUT2D eigenvalue weighted by Gasteiger charge is -2.26. The number of rotatable bonds is 2. The molecule has 3 N–H and O–H groups in total. The fourth-order valence-corrected chi connectivity index (χ4v) is 1.80. The summed E-state index contributed by atoms with van der Waals surface area (Å²) in [6.45, 7) is 6.63. The van der Waals surface area contributed by atoms with Crippen molar-refractivity contribution in [1.29, 1.82) is 0 Å². The Morgan fingerprint density at radius 2 is 2.19 bits per heavy atom. The molecule has 0 bridgehead atoms. The third-order valence-corrected chi connectivity index (χ3v) is 2.65.